The number of nitrogens with one attached hydrogen (secondary N) is 1. The molecule has 0 spiro atoms. The molecular formula is C14H9Cl2NO3. The van der Waals surface area contributed by atoms with Gasteiger partial charge in [-0.3, -0.25) is 4.79 Å². The first-order valence-corrected chi connectivity index (χ1v) is 6.33. The van der Waals surface area contributed by atoms with E-state index in [0.29, 0.717) is 5.56 Å². The molecule has 6 heteroatoms. The van der Waals surface area contributed by atoms with Crippen molar-refractivity contribution in [1.29, 1.82) is 0 Å². The number of carbonyl (C=O) groups excluding carboxylic acids is 1. The molecule has 0 radical (unpaired) electrons. The number of anilines is 1. The Morgan fingerprint density at radius 3 is 2.25 bits per heavy atom. The van der Waals surface area contributed by atoms with E-state index in [1.54, 1.807) is 30.3 Å². The lowest BCUT2D eigenvalue weighted by Crippen LogP contribution is -2.12. The number of aromatic carboxylic acids is 1. The van der Waals surface area contributed by atoms with E-state index in [-0.39, 0.29) is 27.2 Å². The van der Waals surface area contributed by atoms with Crippen molar-refractivity contribution < 1.29 is 14.7 Å². The number of amides is 1. The van der Waals surface area contributed by atoms with Crippen LogP contribution < -0.4 is 5.32 Å². The first-order chi connectivity index (χ1) is 9.49. The lowest BCUT2D eigenvalue weighted by Gasteiger charge is -2.09. The van der Waals surface area contributed by atoms with Gasteiger partial charge >= 0.3 is 5.97 Å². The van der Waals surface area contributed by atoms with Gasteiger partial charge in [-0.1, -0.05) is 41.4 Å². The molecule has 2 N–H and O–H groups in total. The SMILES string of the molecule is O=C(Nc1cc(C(=O)O)c(Cl)cc1Cl)c1ccccc1. The van der Waals surface area contributed by atoms with E-state index in [1.807, 2.05) is 0 Å². The molecule has 0 aliphatic carbocycles. The molecule has 0 heterocycles. The molecule has 2 aromatic carbocycles. The van der Waals surface area contributed by atoms with E-state index in [4.69, 9.17) is 28.3 Å². The number of hydrogen-bond donors (Lipinski definition) is 2. The second kappa shape index (κ2) is 5.94. The minimum Gasteiger partial charge on any atom is -0.478 e. The number of benzene rings is 2. The third kappa shape index (κ3) is 3.10. The molecule has 0 aliphatic heterocycles. The van der Waals surface area contributed by atoms with Gasteiger partial charge in [-0.15, -0.1) is 0 Å². The summed E-state index contributed by atoms with van der Waals surface area (Å²) < 4.78 is 0. The number of rotatable bonds is 3. The highest BCUT2D eigenvalue weighted by atomic mass is 35.5. The van der Waals surface area contributed by atoms with Gasteiger partial charge in [-0.2, -0.15) is 0 Å². The van der Waals surface area contributed by atoms with Crippen LogP contribution in [-0.4, -0.2) is 17.0 Å². The highest BCUT2D eigenvalue weighted by Gasteiger charge is 2.15. The second-order valence-electron chi connectivity index (χ2n) is 3.94. The Hall–Kier alpha value is -2.04. The zero-order valence-electron chi connectivity index (χ0n) is 10.1. The largest absolute Gasteiger partial charge is 0.478 e. The van der Waals surface area contributed by atoms with Gasteiger partial charge in [0, 0.05) is 5.56 Å². The molecule has 0 saturated carbocycles. The third-order valence-corrected chi connectivity index (χ3v) is 3.20. The van der Waals surface area contributed by atoms with Crippen molar-refractivity contribution in [2.45, 2.75) is 0 Å². The molecule has 102 valence electrons. The first kappa shape index (κ1) is 14.4. The zero-order chi connectivity index (χ0) is 14.7. The molecule has 4 nitrogen and oxygen atoms in total. The Morgan fingerprint density at radius 1 is 1.00 bits per heavy atom. The zero-order valence-corrected chi connectivity index (χ0v) is 11.6. The molecule has 0 bridgehead atoms. The average molecular weight is 310 g/mol. The fraction of sp³-hybridized carbons (Fsp3) is 0. The van der Waals surface area contributed by atoms with Crippen LogP contribution in [0.1, 0.15) is 20.7 Å². The molecule has 0 unspecified atom stereocenters. The van der Waals surface area contributed by atoms with Crippen LogP contribution >= 0.6 is 23.2 Å². The van der Waals surface area contributed by atoms with Gasteiger partial charge in [0.25, 0.3) is 5.91 Å². The van der Waals surface area contributed by atoms with Crippen LogP contribution in [0.2, 0.25) is 10.0 Å². The van der Waals surface area contributed by atoms with Crippen molar-refractivity contribution in [3.05, 3.63) is 63.6 Å². The van der Waals surface area contributed by atoms with E-state index >= 15 is 0 Å². The predicted molar refractivity (Wildman–Crippen MR) is 77.8 cm³/mol. The molecule has 0 fully saturated rings. The summed E-state index contributed by atoms with van der Waals surface area (Å²) in [6.07, 6.45) is 0. The van der Waals surface area contributed by atoms with Gasteiger partial charge in [-0.25, -0.2) is 4.79 Å². The Balaban J connectivity index is 2.32. The fourth-order valence-electron chi connectivity index (χ4n) is 1.59. The molecule has 2 rings (SSSR count). The molecule has 0 aliphatic rings. The lowest BCUT2D eigenvalue weighted by atomic mass is 10.1. The van der Waals surface area contributed by atoms with Gasteiger partial charge in [-0.05, 0) is 24.3 Å². The molecule has 0 saturated heterocycles. The van der Waals surface area contributed by atoms with E-state index in [0.717, 1.165) is 0 Å². The van der Waals surface area contributed by atoms with Crippen LogP contribution in [-0.2, 0) is 0 Å². The highest BCUT2D eigenvalue weighted by Crippen LogP contribution is 2.29. The average Bonchev–Trinajstić information content (AvgIpc) is 2.42. The summed E-state index contributed by atoms with van der Waals surface area (Å²) in [7, 11) is 0. The molecule has 0 atom stereocenters. The maximum absolute atomic E-state index is 12.0. The summed E-state index contributed by atoms with van der Waals surface area (Å²) in [6.45, 7) is 0. The predicted octanol–water partition coefficient (Wildman–Crippen LogP) is 3.94. The van der Waals surface area contributed by atoms with Crippen LogP contribution in [0.15, 0.2) is 42.5 Å². The van der Waals surface area contributed by atoms with Gasteiger partial charge in [0.2, 0.25) is 0 Å². The molecular weight excluding hydrogens is 301 g/mol. The van der Waals surface area contributed by atoms with Gasteiger partial charge in [0.15, 0.2) is 0 Å². The first-order valence-electron chi connectivity index (χ1n) is 5.58. The smallest absolute Gasteiger partial charge is 0.337 e. The summed E-state index contributed by atoms with van der Waals surface area (Å²) >= 11 is 11.7. The molecule has 2 aromatic rings. The summed E-state index contributed by atoms with van der Waals surface area (Å²) in [5.41, 5.74) is 0.511. The van der Waals surface area contributed by atoms with Gasteiger partial charge < -0.3 is 10.4 Å². The Bertz CT molecular complexity index is 672. The summed E-state index contributed by atoms with van der Waals surface area (Å²) in [5.74, 6) is -1.58. The second-order valence-corrected chi connectivity index (χ2v) is 4.75. The monoisotopic (exact) mass is 309 g/mol. The van der Waals surface area contributed by atoms with Gasteiger partial charge in [0.1, 0.15) is 0 Å². The standard InChI is InChI=1S/C14H9Cl2NO3/c15-10-7-11(16)12(6-9(10)14(19)20)17-13(18)8-4-2-1-3-5-8/h1-7H,(H,17,18)(H,19,20). The molecule has 20 heavy (non-hydrogen) atoms. The van der Waals surface area contributed by atoms with Crippen LogP contribution in [0.4, 0.5) is 5.69 Å². The summed E-state index contributed by atoms with van der Waals surface area (Å²) in [5, 5.41) is 11.7. The van der Waals surface area contributed by atoms with E-state index in [2.05, 4.69) is 5.32 Å². The summed E-state index contributed by atoms with van der Waals surface area (Å²) in [6, 6.07) is 11.0. The fourth-order valence-corrected chi connectivity index (χ4v) is 2.10. The Labute approximate surface area is 124 Å². The van der Waals surface area contributed by atoms with Crippen molar-refractivity contribution in [2.75, 3.05) is 5.32 Å². The number of halogens is 2. The van der Waals surface area contributed by atoms with Gasteiger partial charge in [0.05, 0.1) is 21.3 Å². The van der Waals surface area contributed by atoms with Crippen LogP contribution in [0, 0.1) is 0 Å². The maximum Gasteiger partial charge on any atom is 0.337 e. The van der Waals surface area contributed by atoms with Crippen molar-refractivity contribution >= 4 is 40.8 Å². The lowest BCUT2D eigenvalue weighted by molar-refractivity contribution is 0.0696. The highest BCUT2D eigenvalue weighted by molar-refractivity contribution is 6.38. The topological polar surface area (TPSA) is 66.4 Å². The maximum atomic E-state index is 12.0. The van der Waals surface area contributed by atoms with Crippen molar-refractivity contribution in [1.82, 2.24) is 0 Å². The number of carboxylic acids is 1. The Kier molecular flexibility index (Phi) is 4.27. The van der Waals surface area contributed by atoms with E-state index < -0.39 is 5.97 Å². The van der Waals surface area contributed by atoms with Crippen LogP contribution in [0.3, 0.4) is 0 Å². The van der Waals surface area contributed by atoms with E-state index in [9.17, 15) is 9.59 Å². The van der Waals surface area contributed by atoms with Crippen molar-refractivity contribution in [3.8, 4) is 0 Å². The van der Waals surface area contributed by atoms with E-state index in [1.165, 1.54) is 12.1 Å². The Morgan fingerprint density at radius 2 is 1.65 bits per heavy atom. The third-order valence-electron chi connectivity index (χ3n) is 2.57. The molecule has 0 aromatic heterocycles. The van der Waals surface area contributed by atoms with Crippen molar-refractivity contribution in [3.63, 3.8) is 0 Å². The van der Waals surface area contributed by atoms with Crippen molar-refractivity contribution in [2.24, 2.45) is 0 Å². The van der Waals surface area contributed by atoms with Crippen LogP contribution in [0.5, 0.6) is 0 Å². The number of carboxylic acid groups (broad SMARTS) is 1. The van der Waals surface area contributed by atoms with Crippen LogP contribution in [0.25, 0.3) is 0 Å². The number of hydrogen-bond acceptors (Lipinski definition) is 2. The summed E-state index contributed by atoms with van der Waals surface area (Å²) in [4.78, 5) is 23.0. The minimum absolute atomic E-state index is 0.0141. The number of carbonyl (C=O) groups is 2. The molecule has 1 amide bonds. The quantitative estimate of drug-likeness (QED) is 0.902. The minimum atomic E-state index is -1.19. The normalized spacial score (nSPS) is 10.1.